The van der Waals surface area contributed by atoms with Gasteiger partial charge in [-0.25, -0.2) is 15.2 Å². The lowest BCUT2D eigenvalue weighted by atomic mass is 10.1. The van der Waals surface area contributed by atoms with Gasteiger partial charge in [-0.05, 0) is 17.7 Å². The highest BCUT2D eigenvalue weighted by molar-refractivity contribution is 5.90. The normalized spacial score (nSPS) is 10.7. The number of H-pyrrole nitrogens is 1. The van der Waals surface area contributed by atoms with Gasteiger partial charge in [0.25, 0.3) is 5.56 Å². The molecule has 0 spiro atoms. The summed E-state index contributed by atoms with van der Waals surface area (Å²) in [5, 5.41) is 4.06. The van der Waals surface area contributed by atoms with E-state index < -0.39 is 5.97 Å². The Bertz CT molecular complexity index is 980. The van der Waals surface area contributed by atoms with Gasteiger partial charge in [0.05, 0.1) is 24.6 Å². The van der Waals surface area contributed by atoms with Crippen LogP contribution in [-0.4, -0.2) is 29.3 Å². The quantitative estimate of drug-likeness (QED) is 0.420. The molecule has 0 aliphatic carbocycles. The number of esters is 1. The average molecular weight is 348 g/mol. The molecule has 3 aromatic rings. The first kappa shape index (κ1) is 17.1. The van der Waals surface area contributed by atoms with E-state index in [-0.39, 0.29) is 11.5 Å². The zero-order valence-corrected chi connectivity index (χ0v) is 14.0. The molecule has 0 aliphatic rings. The SMILES string of the molecule is COC(=O)c1ccc(/C=N/Nc2nc(-c3ccccc3)cc(=O)[nH]2)cc1. The Balaban J connectivity index is 1.73. The fourth-order valence-electron chi connectivity index (χ4n) is 2.26. The molecule has 0 bridgehead atoms. The lowest BCUT2D eigenvalue weighted by Gasteiger charge is -2.03. The molecule has 0 saturated heterocycles. The molecule has 2 N–H and O–H groups in total. The predicted octanol–water partition coefficient (Wildman–Crippen LogP) is 2.67. The molecule has 26 heavy (non-hydrogen) atoms. The van der Waals surface area contributed by atoms with Crippen LogP contribution in [0, 0.1) is 0 Å². The Morgan fingerprint density at radius 3 is 2.58 bits per heavy atom. The maximum Gasteiger partial charge on any atom is 0.337 e. The maximum atomic E-state index is 11.8. The molecule has 0 atom stereocenters. The first-order valence-corrected chi connectivity index (χ1v) is 7.80. The van der Waals surface area contributed by atoms with Crippen molar-refractivity contribution in [2.45, 2.75) is 0 Å². The lowest BCUT2D eigenvalue weighted by Crippen LogP contribution is -2.10. The number of nitrogens with zero attached hydrogens (tertiary/aromatic N) is 2. The van der Waals surface area contributed by atoms with E-state index in [9.17, 15) is 9.59 Å². The molecule has 3 rings (SSSR count). The summed E-state index contributed by atoms with van der Waals surface area (Å²) >= 11 is 0. The van der Waals surface area contributed by atoms with Crippen molar-refractivity contribution in [2.24, 2.45) is 5.10 Å². The topological polar surface area (TPSA) is 96.4 Å². The number of carbonyl (C=O) groups is 1. The van der Waals surface area contributed by atoms with Gasteiger partial charge in [-0.15, -0.1) is 0 Å². The van der Waals surface area contributed by atoms with Crippen LogP contribution >= 0.6 is 0 Å². The first-order valence-electron chi connectivity index (χ1n) is 7.80. The largest absolute Gasteiger partial charge is 0.465 e. The van der Waals surface area contributed by atoms with Crippen molar-refractivity contribution in [1.82, 2.24) is 9.97 Å². The Kier molecular flexibility index (Phi) is 5.19. The summed E-state index contributed by atoms with van der Waals surface area (Å²) in [6.07, 6.45) is 1.55. The van der Waals surface area contributed by atoms with Gasteiger partial charge in [-0.3, -0.25) is 9.78 Å². The maximum absolute atomic E-state index is 11.8. The van der Waals surface area contributed by atoms with Crippen molar-refractivity contribution >= 4 is 18.1 Å². The molecule has 0 fully saturated rings. The molecule has 7 nitrogen and oxygen atoms in total. The number of hydrogen-bond acceptors (Lipinski definition) is 6. The van der Waals surface area contributed by atoms with Gasteiger partial charge in [0.1, 0.15) is 0 Å². The number of aromatic nitrogens is 2. The molecule has 2 aromatic carbocycles. The van der Waals surface area contributed by atoms with Crippen molar-refractivity contribution in [3.8, 4) is 11.3 Å². The van der Waals surface area contributed by atoms with E-state index in [0.717, 1.165) is 11.1 Å². The van der Waals surface area contributed by atoms with Crippen LogP contribution in [-0.2, 0) is 4.74 Å². The summed E-state index contributed by atoms with van der Waals surface area (Å²) in [5.74, 6) is -0.162. The number of ether oxygens (including phenoxy) is 1. The number of hydrazone groups is 1. The van der Waals surface area contributed by atoms with E-state index in [4.69, 9.17) is 0 Å². The molecule has 1 heterocycles. The van der Waals surface area contributed by atoms with Crippen LogP contribution in [0.1, 0.15) is 15.9 Å². The summed E-state index contributed by atoms with van der Waals surface area (Å²) in [7, 11) is 1.33. The standard InChI is InChI=1S/C19H16N4O3/c1-26-18(25)15-9-7-13(8-10-15)12-20-23-19-21-16(11-17(24)22-19)14-5-3-2-4-6-14/h2-12H,1H3,(H2,21,22,23,24)/b20-12+. The lowest BCUT2D eigenvalue weighted by molar-refractivity contribution is 0.0600. The van der Waals surface area contributed by atoms with Crippen molar-refractivity contribution < 1.29 is 9.53 Å². The molecule has 0 aliphatic heterocycles. The number of hydrogen-bond donors (Lipinski definition) is 2. The Morgan fingerprint density at radius 2 is 1.88 bits per heavy atom. The average Bonchev–Trinajstić information content (AvgIpc) is 2.68. The number of anilines is 1. The smallest absolute Gasteiger partial charge is 0.337 e. The minimum atomic E-state index is -0.397. The van der Waals surface area contributed by atoms with Crippen LogP contribution in [0.5, 0.6) is 0 Å². The number of rotatable bonds is 5. The number of benzene rings is 2. The summed E-state index contributed by atoms with van der Waals surface area (Å²) in [5.41, 5.74) is 5.04. The number of methoxy groups -OCH3 is 1. The fraction of sp³-hybridized carbons (Fsp3) is 0.0526. The van der Waals surface area contributed by atoms with Crippen LogP contribution < -0.4 is 11.0 Å². The van der Waals surface area contributed by atoms with Crippen LogP contribution in [0.2, 0.25) is 0 Å². The highest BCUT2D eigenvalue weighted by Crippen LogP contribution is 2.15. The third kappa shape index (κ3) is 4.21. The van der Waals surface area contributed by atoms with Crippen LogP contribution in [0.15, 0.2) is 70.6 Å². The van der Waals surface area contributed by atoms with Gasteiger partial charge in [-0.2, -0.15) is 5.10 Å². The van der Waals surface area contributed by atoms with E-state index in [2.05, 4.69) is 25.2 Å². The van der Waals surface area contributed by atoms with Crippen molar-refractivity contribution in [3.63, 3.8) is 0 Å². The third-order valence-corrected chi connectivity index (χ3v) is 3.53. The number of nitrogens with one attached hydrogen (secondary N) is 2. The van der Waals surface area contributed by atoms with E-state index >= 15 is 0 Å². The summed E-state index contributed by atoms with van der Waals surface area (Å²) in [6, 6.07) is 17.6. The Hall–Kier alpha value is -3.74. The predicted molar refractivity (Wildman–Crippen MR) is 99.3 cm³/mol. The molecule has 7 heteroatoms. The third-order valence-electron chi connectivity index (χ3n) is 3.53. The first-order chi connectivity index (χ1) is 12.7. The van der Waals surface area contributed by atoms with Gasteiger partial charge in [0, 0.05) is 11.6 Å². The van der Waals surface area contributed by atoms with Gasteiger partial charge in [0.2, 0.25) is 5.95 Å². The molecule has 0 radical (unpaired) electrons. The van der Waals surface area contributed by atoms with Gasteiger partial charge >= 0.3 is 5.97 Å². The highest BCUT2D eigenvalue weighted by atomic mass is 16.5. The van der Waals surface area contributed by atoms with Gasteiger partial charge in [0.15, 0.2) is 0 Å². The van der Waals surface area contributed by atoms with Crippen LogP contribution in [0.25, 0.3) is 11.3 Å². The summed E-state index contributed by atoms with van der Waals surface area (Å²) < 4.78 is 4.65. The molecular formula is C19H16N4O3. The fourth-order valence-corrected chi connectivity index (χ4v) is 2.26. The molecule has 0 saturated carbocycles. The van der Waals surface area contributed by atoms with Crippen molar-refractivity contribution in [2.75, 3.05) is 12.5 Å². The Labute approximate surface area is 149 Å². The van der Waals surface area contributed by atoms with Crippen molar-refractivity contribution in [3.05, 3.63) is 82.1 Å². The molecule has 130 valence electrons. The second-order valence-corrected chi connectivity index (χ2v) is 5.33. The monoisotopic (exact) mass is 348 g/mol. The summed E-state index contributed by atoms with van der Waals surface area (Å²) in [6.45, 7) is 0. The second kappa shape index (κ2) is 7.89. The van der Waals surface area contributed by atoms with Gasteiger partial charge in [-0.1, -0.05) is 42.5 Å². The zero-order chi connectivity index (χ0) is 18.4. The highest BCUT2D eigenvalue weighted by Gasteiger charge is 2.04. The van der Waals surface area contributed by atoms with Crippen LogP contribution in [0.4, 0.5) is 5.95 Å². The summed E-state index contributed by atoms with van der Waals surface area (Å²) in [4.78, 5) is 30.1. The zero-order valence-electron chi connectivity index (χ0n) is 14.0. The van der Waals surface area contributed by atoms with Crippen molar-refractivity contribution in [1.29, 1.82) is 0 Å². The Morgan fingerprint density at radius 1 is 1.15 bits per heavy atom. The van der Waals surface area contributed by atoms with Gasteiger partial charge < -0.3 is 4.74 Å². The van der Waals surface area contributed by atoms with E-state index in [1.807, 2.05) is 30.3 Å². The second-order valence-electron chi connectivity index (χ2n) is 5.33. The van der Waals surface area contributed by atoms with Crippen LogP contribution in [0.3, 0.4) is 0 Å². The molecular weight excluding hydrogens is 332 g/mol. The van der Waals surface area contributed by atoms with E-state index in [0.29, 0.717) is 11.3 Å². The molecule has 0 unspecified atom stereocenters. The molecule has 1 aromatic heterocycles. The van der Waals surface area contributed by atoms with E-state index in [1.54, 1.807) is 30.5 Å². The number of aromatic amines is 1. The minimum absolute atomic E-state index is 0.235. The number of carbonyl (C=O) groups excluding carboxylic acids is 1. The molecule has 0 amide bonds. The van der Waals surface area contributed by atoms with E-state index in [1.165, 1.54) is 13.2 Å². The minimum Gasteiger partial charge on any atom is -0.465 e.